The van der Waals surface area contributed by atoms with Gasteiger partial charge in [-0.05, 0) is 42.9 Å². The smallest absolute Gasteiger partial charge is 0.227 e. The van der Waals surface area contributed by atoms with Crippen LogP contribution in [0.5, 0.6) is 0 Å². The third kappa shape index (κ3) is 8.78. The average Bonchev–Trinajstić information content (AvgIpc) is 2.53. The zero-order chi connectivity index (χ0) is 19.1. The zero-order valence-corrected chi connectivity index (χ0v) is 19.8. The molecule has 2 atom stereocenters. The van der Waals surface area contributed by atoms with Crippen molar-refractivity contribution in [3.05, 3.63) is 29.1 Å². The van der Waals surface area contributed by atoms with Gasteiger partial charge in [-0.3, -0.25) is 0 Å². The van der Waals surface area contributed by atoms with Crippen molar-refractivity contribution in [2.45, 2.75) is 39.3 Å². The fourth-order valence-corrected chi connectivity index (χ4v) is 2.37. The Hall–Kier alpha value is -0.866. The molecule has 0 saturated heterocycles. The summed E-state index contributed by atoms with van der Waals surface area (Å²) in [6.45, 7) is 10.4. The SMILES string of the molecule is [CH2-]c1nc(Cl)nc(NC(C)COCC(C)Nc2nc(Cl)nc(CC)n2)n1.[Y]. The van der Waals surface area contributed by atoms with E-state index >= 15 is 0 Å². The Morgan fingerprint density at radius 2 is 1.41 bits per heavy atom. The number of hydrogen-bond donors (Lipinski definition) is 2. The Kier molecular flexibility index (Phi) is 10.6. The molecule has 2 unspecified atom stereocenters. The first-order valence-corrected chi connectivity index (χ1v) is 8.86. The van der Waals surface area contributed by atoms with Gasteiger partial charge in [0, 0.05) is 51.2 Å². The fraction of sp³-hybridized carbons (Fsp3) is 0.533. The van der Waals surface area contributed by atoms with Crippen LogP contribution in [0.15, 0.2) is 0 Å². The molecule has 2 heterocycles. The molecular formula is C15H21Cl2N8OY-. The summed E-state index contributed by atoms with van der Waals surface area (Å²) in [5, 5.41) is 6.50. The van der Waals surface area contributed by atoms with Crippen LogP contribution in [0.4, 0.5) is 11.9 Å². The van der Waals surface area contributed by atoms with Crippen molar-refractivity contribution in [2.75, 3.05) is 23.8 Å². The summed E-state index contributed by atoms with van der Waals surface area (Å²) in [6, 6.07) is -0.0400. The Labute approximate surface area is 193 Å². The normalized spacial score (nSPS) is 12.8. The second kappa shape index (κ2) is 11.9. The van der Waals surface area contributed by atoms with E-state index in [-0.39, 0.29) is 55.4 Å². The number of halogens is 2. The van der Waals surface area contributed by atoms with Gasteiger partial charge in [-0.25, -0.2) is 15.0 Å². The van der Waals surface area contributed by atoms with Crippen LogP contribution < -0.4 is 10.6 Å². The maximum atomic E-state index is 5.89. The first-order chi connectivity index (χ1) is 12.4. The van der Waals surface area contributed by atoms with Gasteiger partial charge >= 0.3 is 0 Å². The van der Waals surface area contributed by atoms with Gasteiger partial charge in [0.05, 0.1) is 13.2 Å². The van der Waals surface area contributed by atoms with Crippen LogP contribution in [-0.2, 0) is 43.9 Å². The number of anilines is 2. The van der Waals surface area contributed by atoms with Crippen LogP contribution in [0.25, 0.3) is 0 Å². The maximum Gasteiger partial charge on any atom is 0.227 e. The molecule has 12 heteroatoms. The quantitative estimate of drug-likeness (QED) is 0.514. The maximum absolute atomic E-state index is 5.89. The summed E-state index contributed by atoms with van der Waals surface area (Å²) in [5.74, 6) is 1.75. The van der Waals surface area contributed by atoms with Gasteiger partial charge in [0.15, 0.2) is 0 Å². The fourth-order valence-electron chi connectivity index (χ4n) is 2.02. The molecule has 2 aromatic heterocycles. The van der Waals surface area contributed by atoms with E-state index in [1.165, 1.54) is 0 Å². The molecule has 0 amide bonds. The van der Waals surface area contributed by atoms with Gasteiger partial charge in [0.25, 0.3) is 0 Å². The Morgan fingerprint density at radius 1 is 0.889 bits per heavy atom. The molecule has 0 spiro atoms. The molecular weight excluding hydrogens is 468 g/mol. The third-order valence-electron chi connectivity index (χ3n) is 3.11. The van der Waals surface area contributed by atoms with E-state index in [9.17, 15) is 0 Å². The van der Waals surface area contributed by atoms with Crippen LogP contribution in [0.1, 0.15) is 32.4 Å². The van der Waals surface area contributed by atoms with E-state index in [0.717, 1.165) is 0 Å². The summed E-state index contributed by atoms with van der Waals surface area (Å²) >= 11 is 11.7. The molecule has 0 aromatic carbocycles. The number of hydrogen-bond acceptors (Lipinski definition) is 9. The minimum Gasteiger partial charge on any atom is -0.377 e. The van der Waals surface area contributed by atoms with Crippen molar-refractivity contribution in [3.8, 4) is 0 Å². The van der Waals surface area contributed by atoms with Crippen molar-refractivity contribution < 1.29 is 37.4 Å². The van der Waals surface area contributed by atoms with Crippen LogP contribution in [0.2, 0.25) is 10.6 Å². The zero-order valence-electron chi connectivity index (χ0n) is 15.4. The molecule has 145 valence electrons. The van der Waals surface area contributed by atoms with Crippen LogP contribution in [-0.4, -0.2) is 55.2 Å². The average molecular weight is 489 g/mol. The van der Waals surface area contributed by atoms with Gasteiger partial charge in [-0.1, -0.05) is 6.92 Å². The summed E-state index contributed by atoms with van der Waals surface area (Å²) in [6.07, 6.45) is 0.682. The largest absolute Gasteiger partial charge is 0.377 e. The topological polar surface area (TPSA) is 111 Å². The minimum atomic E-state index is -0.0293. The third-order valence-corrected chi connectivity index (χ3v) is 3.45. The van der Waals surface area contributed by atoms with Crippen LogP contribution in [0.3, 0.4) is 0 Å². The number of ether oxygens (including phenoxy) is 1. The predicted molar refractivity (Wildman–Crippen MR) is 100 cm³/mol. The molecule has 0 aliphatic carbocycles. The van der Waals surface area contributed by atoms with Gasteiger partial charge in [0.1, 0.15) is 5.82 Å². The first-order valence-electron chi connectivity index (χ1n) is 8.10. The molecule has 2 rings (SSSR count). The number of nitrogens with zero attached hydrogens (tertiary/aromatic N) is 6. The van der Waals surface area contributed by atoms with Crippen LogP contribution >= 0.6 is 23.2 Å². The molecule has 27 heavy (non-hydrogen) atoms. The Bertz CT molecular complexity index is 719. The molecule has 0 saturated carbocycles. The van der Waals surface area contributed by atoms with E-state index in [0.29, 0.717) is 43.2 Å². The number of nitrogens with one attached hydrogen (secondary N) is 2. The Morgan fingerprint density at radius 3 is 1.93 bits per heavy atom. The number of aromatic nitrogens is 6. The minimum absolute atomic E-state index is 0. The molecule has 2 N–H and O–H groups in total. The molecule has 2 aromatic rings. The van der Waals surface area contributed by atoms with Crippen molar-refractivity contribution in [1.29, 1.82) is 0 Å². The number of rotatable bonds is 9. The number of aryl methyl sites for hydroxylation is 1. The summed E-state index contributed by atoms with van der Waals surface area (Å²) in [7, 11) is 0. The van der Waals surface area contributed by atoms with E-state index < -0.39 is 0 Å². The second-order valence-corrected chi connectivity index (χ2v) is 6.35. The van der Waals surface area contributed by atoms with Crippen molar-refractivity contribution in [2.24, 2.45) is 0 Å². The summed E-state index contributed by atoms with van der Waals surface area (Å²) in [4.78, 5) is 24.2. The summed E-state index contributed by atoms with van der Waals surface area (Å²) in [5.41, 5.74) is 0. The molecule has 0 aliphatic heterocycles. The van der Waals surface area contributed by atoms with Gasteiger partial charge < -0.3 is 22.3 Å². The van der Waals surface area contributed by atoms with Gasteiger partial charge in [-0.2, -0.15) is 15.0 Å². The van der Waals surface area contributed by atoms with Crippen LogP contribution in [0, 0.1) is 6.92 Å². The van der Waals surface area contributed by atoms with Gasteiger partial charge in [0.2, 0.25) is 22.5 Å². The van der Waals surface area contributed by atoms with Gasteiger partial charge in [-0.15, -0.1) is 0 Å². The van der Waals surface area contributed by atoms with Crippen molar-refractivity contribution in [3.63, 3.8) is 0 Å². The molecule has 0 fully saturated rings. The molecule has 1 radical (unpaired) electrons. The van der Waals surface area contributed by atoms with E-state index in [1.807, 2.05) is 20.8 Å². The Balaban J connectivity index is 0.00000364. The monoisotopic (exact) mass is 488 g/mol. The standard InChI is InChI=1S/C15H21Cl2N8O.Y/c1-5-11-22-13(17)25-15(23-11)19-9(3)7-26-6-8(2)18-14-21-10(4)20-12(16)24-14;/h8-9H,4-7H2,1-3H3,(H,18,20,21,24)(H,19,22,23,25);/q-1;. The van der Waals surface area contributed by atoms with E-state index in [2.05, 4.69) is 47.5 Å². The van der Waals surface area contributed by atoms with E-state index in [1.54, 1.807) is 0 Å². The molecule has 0 aliphatic rings. The predicted octanol–water partition coefficient (Wildman–Crippen LogP) is 2.42. The van der Waals surface area contributed by atoms with E-state index in [4.69, 9.17) is 27.9 Å². The molecule has 0 bridgehead atoms. The first kappa shape index (κ1) is 24.2. The second-order valence-electron chi connectivity index (χ2n) is 5.67. The summed E-state index contributed by atoms with van der Waals surface area (Å²) < 4.78 is 5.70. The van der Waals surface area contributed by atoms with Crippen molar-refractivity contribution >= 4 is 35.1 Å². The molecule has 9 nitrogen and oxygen atoms in total. The van der Waals surface area contributed by atoms with Crippen molar-refractivity contribution in [1.82, 2.24) is 29.9 Å².